The van der Waals surface area contributed by atoms with Gasteiger partial charge in [-0.2, -0.15) is 4.98 Å². The van der Waals surface area contributed by atoms with Gasteiger partial charge in [-0.25, -0.2) is 4.68 Å². The molecule has 0 saturated carbocycles. The molecule has 0 bridgehead atoms. The minimum absolute atomic E-state index is 0.213. The molecule has 5 rings (SSSR count). The number of thioether (sulfide) groups is 1. The van der Waals surface area contributed by atoms with Crippen molar-refractivity contribution in [2.45, 2.75) is 58.3 Å². The standard InChI is InChI=1S/C33H36BrN5O3S/c1-5-7-17-43-33-37-32-35-22(4)29(31(40)36-26-10-8-9-21(3)18-26)30(39(32)38-33)24-13-16-27(28(19-24)41-6-2)42-20-23-11-14-25(34)15-12-23/h8-16,18-19,30H,5-7,17,20H2,1-4H3,(H,36,40)(H,35,37,38). The molecule has 0 aliphatic carbocycles. The summed E-state index contributed by atoms with van der Waals surface area (Å²) < 4.78 is 15.1. The molecule has 4 aromatic rings. The summed E-state index contributed by atoms with van der Waals surface area (Å²) in [5.41, 5.74) is 4.95. The Kier molecular flexibility index (Phi) is 10.1. The normalized spacial score (nSPS) is 14.2. The molecule has 1 amide bonds. The van der Waals surface area contributed by atoms with Crippen molar-refractivity contribution < 1.29 is 14.3 Å². The fourth-order valence-corrected chi connectivity index (χ4v) is 6.02. The van der Waals surface area contributed by atoms with Crippen LogP contribution in [0, 0.1) is 6.92 Å². The van der Waals surface area contributed by atoms with Crippen molar-refractivity contribution in [3.8, 4) is 11.5 Å². The Labute approximate surface area is 265 Å². The number of unbranched alkanes of at least 4 members (excludes halogenated alkanes) is 1. The number of fused-ring (bicyclic) bond motifs is 1. The SMILES string of the molecule is CCCCSc1nc2n(n1)C(c1ccc(OCc3ccc(Br)cc3)c(OCC)c1)C(C(=O)Nc1cccc(C)c1)=C(C)N2. The van der Waals surface area contributed by atoms with Crippen LogP contribution in [0.25, 0.3) is 0 Å². The van der Waals surface area contributed by atoms with Crippen LogP contribution >= 0.6 is 27.7 Å². The van der Waals surface area contributed by atoms with Gasteiger partial charge in [0.2, 0.25) is 11.1 Å². The molecule has 2 N–H and O–H groups in total. The van der Waals surface area contributed by atoms with Gasteiger partial charge in [-0.1, -0.05) is 71.4 Å². The zero-order valence-corrected chi connectivity index (χ0v) is 27.2. The Balaban J connectivity index is 1.51. The molecule has 1 unspecified atom stereocenters. The third-order valence-electron chi connectivity index (χ3n) is 6.97. The predicted molar refractivity (Wildman–Crippen MR) is 176 cm³/mol. The summed E-state index contributed by atoms with van der Waals surface area (Å²) in [4.78, 5) is 18.7. The lowest BCUT2D eigenvalue weighted by Crippen LogP contribution is -2.31. The molecule has 1 atom stereocenters. The van der Waals surface area contributed by atoms with Crippen LogP contribution in [0.3, 0.4) is 0 Å². The third-order valence-corrected chi connectivity index (χ3v) is 8.43. The average Bonchev–Trinajstić information content (AvgIpc) is 3.39. The van der Waals surface area contributed by atoms with E-state index in [1.165, 1.54) is 0 Å². The maximum Gasteiger partial charge on any atom is 0.255 e. The third kappa shape index (κ3) is 7.43. The fourth-order valence-electron chi connectivity index (χ4n) is 4.85. The number of benzene rings is 3. The van der Waals surface area contributed by atoms with Crippen LogP contribution < -0.4 is 20.1 Å². The number of allylic oxidation sites excluding steroid dienone is 1. The molecule has 0 spiro atoms. The number of nitrogens with zero attached hydrogens (tertiary/aromatic N) is 3. The minimum atomic E-state index is -0.534. The molecular weight excluding hydrogens is 626 g/mol. The Morgan fingerprint density at radius 2 is 1.86 bits per heavy atom. The van der Waals surface area contributed by atoms with Gasteiger partial charge in [0.05, 0.1) is 12.2 Å². The predicted octanol–water partition coefficient (Wildman–Crippen LogP) is 8.15. The summed E-state index contributed by atoms with van der Waals surface area (Å²) in [5.74, 6) is 2.54. The van der Waals surface area contributed by atoms with E-state index >= 15 is 0 Å². The van der Waals surface area contributed by atoms with Crippen LogP contribution in [0.15, 0.2) is 87.6 Å². The first-order valence-corrected chi connectivity index (χ1v) is 16.2. The van der Waals surface area contributed by atoms with E-state index in [9.17, 15) is 4.79 Å². The van der Waals surface area contributed by atoms with Crippen LogP contribution in [0.5, 0.6) is 11.5 Å². The van der Waals surface area contributed by atoms with Crippen molar-refractivity contribution >= 4 is 45.2 Å². The highest BCUT2D eigenvalue weighted by molar-refractivity contribution is 9.10. The minimum Gasteiger partial charge on any atom is -0.490 e. The molecular formula is C33H36BrN5O3S. The van der Waals surface area contributed by atoms with E-state index in [4.69, 9.17) is 19.6 Å². The van der Waals surface area contributed by atoms with Crippen LogP contribution in [0.1, 0.15) is 56.3 Å². The van der Waals surface area contributed by atoms with Crippen LogP contribution in [0.2, 0.25) is 0 Å². The number of rotatable bonds is 12. The van der Waals surface area contributed by atoms with E-state index in [2.05, 4.69) is 33.5 Å². The summed E-state index contributed by atoms with van der Waals surface area (Å²) >= 11 is 5.10. The Hall–Kier alpha value is -3.76. The Morgan fingerprint density at radius 3 is 2.60 bits per heavy atom. The van der Waals surface area contributed by atoms with Crippen LogP contribution in [-0.2, 0) is 11.4 Å². The molecule has 0 fully saturated rings. The molecule has 43 heavy (non-hydrogen) atoms. The summed E-state index contributed by atoms with van der Waals surface area (Å²) in [5, 5.41) is 12.0. The summed E-state index contributed by atoms with van der Waals surface area (Å²) in [6, 6.07) is 21.1. The maximum atomic E-state index is 13.9. The number of hydrogen-bond acceptors (Lipinski definition) is 7. The van der Waals surface area contributed by atoms with Crippen molar-refractivity contribution in [1.82, 2.24) is 14.8 Å². The molecule has 8 nitrogen and oxygen atoms in total. The van der Waals surface area contributed by atoms with Gasteiger partial charge in [0.25, 0.3) is 5.91 Å². The first-order valence-electron chi connectivity index (χ1n) is 14.5. The highest BCUT2D eigenvalue weighted by atomic mass is 79.9. The zero-order valence-electron chi connectivity index (χ0n) is 24.8. The number of ether oxygens (including phenoxy) is 2. The monoisotopic (exact) mass is 661 g/mol. The summed E-state index contributed by atoms with van der Waals surface area (Å²) in [6.07, 6.45) is 2.17. The second-order valence-corrected chi connectivity index (χ2v) is 12.3. The number of halogens is 1. The average molecular weight is 663 g/mol. The van der Waals surface area contributed by atoms with Gasteiger partial charge in [-0.05, 0) is 80.3 Å². The van der Waals surface area contributed by atoms with E-state index in [1.54, 1.807) is 16.4 Å². The number of nitrogens with one attached hydrogen (secondary N) is 2. The fraction of sp³-hybridized carbons (Fsp3) is 0.303. The Bertz CT molecular complexity index is 1620. The molecule has 1 aromatic heterocycles. The number of aromatic nitrogens is 3. The molecule has 224 valence electrons. The molecule has 3 aromatic carbocycles. The second-order valence-electron chi connectivity index (χ2n) is 10.3. The first kappa shape index (κ1) is 30.7. The van der Waals surface area contributed by atoms with Crippen molar-refractivity contribution in [2.24, 2.45) is 0 Å². The van der Waals surface area contributed by atoms with Gasteiger partial charge < -0.3 is 20.1 Å². The van der Waals surface area contributed by atoms with E-state index < -0.39 is 6.04 Å². The van der Waals surface area contributed by atoms with Gasteiger partial charge in [-0.15, -0.1) is 5.10 Å². The van der Waals surface area contributed by atoms with Crippen molar-refractivity contribution in [3.63, 3.8) is 0 Å². The van der Waals surface area contributed by atoms with E-state index in [0.717, 1.165) is 45.4 Å². The van der Waals surface area contributed by atoms with E-state index in [-0.39, 0.29) is 5.91 Å². The molecule has 0 saturated heterocycles. The van der Waals surface area contributed by atoms with Crippen molar-refractivity contribution in [3.05, 3.63) is 99.2 Å². The number of hydrogen-bond donors (Lipinski definition) is 2. The van der Waals surface area contributed by atoms with Gasteiger partial charge in [0, 0.05) is 21.6 Å². The van der Waals surface area contributed by atoms with Crippen LogP contribution in [0.4, 0.5) is 11.6 Å². The zero-order chi connectivity index (χ0) is 30.3. The van der Waals surface area contributed by atoms with Gasteiger partial charge >= 0.3 is 0 Å². The van der Waals surface area contributed by atoms with E-state index in [0.29, 0.717) is 47.1 Å². The number of amides is 1. The first-order chi connectivity index (χ1) is 20.9. The highest BCUT2D eigenvalue weighted by Gasteiger charge is 2.35. The number of aryl methyl sites for hydroxylation is 1. The smallest absolute Gasteiger partial charge is 0.255 e. The van der Waals surface area contributed by atoms with Crippen LogP contribution in [-0.4, -0.2) is 33.0 Å². The Morgan fingerprint density at radius 1 is 1.05 bits per heavy atom. The van der Waals surface area contributed by atoms with Gasteiger partial charge in [0.1, 0.15) is 12.6 Å². The lowest BCUT2D eigenvalue weighted by Gasteiger charge is -2.29. The molecule has 1 aliphatic heterocycles. The molecule has 1 aliphatic rings. The number of carbonyl (C=O) groups is 1. The summed E-state index contributed by atoms with van der Waals surface area (Å²) in [7, 11) is 0. The quantitative estimate of drug-likeness (QED) is 0.117. The summed E-state index contributed by atoms with van der Waals surface area (Å²) in [6.45, 7) is 8.87. The largest absolute Gasteiger partial charge is 0.490 e. The van der Waals surface area contributed by atoms with Crippen molar-refractivity contribution in [1.29, 1.82) is 0 Å². The second kappa shape index (κ2) is 14.1. The molecule has 0 radical (unpaired) electrons. The lowest BCUT2D eigenvalue weighted by molar-refractivity contribution is -0.113. The van der Waals surface area contributed by atoms with Crippen molar-refractivity contribution in [2.75, 3.05) is 23.0 Å². The number of carbonyl (C=O) groups excluding carboxylic acids is 1. The number of anilines is 2. The maximum absolute atomic E-state index is 13.9. The van der Waals surface area contributed by atoms with E-state index in [1.807, 2.05) is 87.5 Å². The highest BCUT2D eigenvalue weighted by Crippen LogP contribution is 2.40. The molecule has 2 heterocycles. The van der Waals surface area contributed by atoms with Gasteiger partial charge in [0.15, 0.2) is 11.5 Å². The lowest BCUT2D eigenvalue weighted by atomic mass is 9.94. The van der Waals surface area contributed by atoms with Gasteiger partial charge in [-0.3, -0.25) is 4.79 Å². The topological polar surface area (TPSA) is 90.3 Å². The molecule has 10 heteroatoms.